The van der Waals surface area contributed by atoms with E-state index in [9.17, 15) is 15.0 Å². The highest BCUT2D eigenvalue weighted by molar-refractivity contribution is 6.06. The van der Waals surface area contributed by atoms with Crippen molar-refractivity contribution < 1.29 is 19.7 Å². The van der Waals surface area contributed by atoms with Crippen molar-refractivity contribution in [1.29, 1.82) is 0 Å². The number of hydrogen-bond acceptors (Lipinski definition) is 9. The number of carbonyl (C=O) groups is 1. The molecule has 1 atom stereocenters. The molecule has 3 aliphatic rings. The fourth-order valence-electron chi connectivity index (χ4n) is 4.59. The van der Waals surface area contributed by atoms with Gasteiger partial charge in [-0.2, -0.15) is 0 Å². The Labute approximate surface area is 202 Å². The summed E-state index contributed by atoms with van der Waals surface area (Å²) in [5.41, 5.74) is 1.70. The maximum absolute atomic E-state index is 13.2. The second-order valence-electron chi connectivity index (χ2n) is 8.76. The lowest BCUT2D eigenvalue weighted by atomic mass is 10.1. The van der Waals surface area contributed by atoms with Gasteiger partial charge in [-0.25, -0.2) is 9.97 Å². The van der Waals surface area contributed by atoms with E-state index >= 15 is 0 Å². The number of nitrogens with one attached hydrogen (secondary N) is 1. The average Bonchev–Trinajstić information content (AvgIpc) is 3.20. The largest absolute Gasteiger partial charge is 0.494 e. The number of aromatic hydroxyl groups is 1. The van der Waals surface area contributed by atoms with Crippen LogP contribution in [0.2, 0.25) is 0 Å². The quantitative estimate of drug-likeness (QED) is 0.474. The number of aromatic nitrogens is 3. The molecule has 4 bridgehead atoms. The standard InChI is InChI=1S/C24H29N7O4/c1-29-6-3-11-35-17-5-2-4-16(12-17)25-13-18-20-21(28-23(18)33)26-15-27-22(20)30-7-9-31(10-8-30)24(34)19(29)14-32/h2,4-5,12-13,15,19,32-33H,3,6-11,14H2,1H3,(H,26,27,28)/t19-/m1/s1. The first-order valence-corrected chi connectivity index (χ1v) is 11.7. The lowest BCUT2D eigenvalue weighted by molar-refractivity contribution is -0.138. The van der Waals surface area contributed by atoms with Gasteiger partial charge >= 0.3 is 0 Å². The molecular weight excluding hydrogens is 450 g/mol. The summed E-state index contributed by atoms with van der Waals surface area (Å²) in [6, 6.07) is 6.81. The summed E-state index contributed by atoms with van der Waals surface area (Å²) in [7, 11) is 1.85. The zero-order valence-electron chi connectivity index (χ0n) is 19.6. The number of anilines is 1. The van der Waals surface area contributed by atoms with Crippen molar-refractivity contribution in [3.63, 3.8) is 0 Å². The molecule has 2 aromatic heterocycles. The minimum absolute atomic E-state index is 0.0357. The molecule has 184 valence electrons. The lowest BCUT2D eigenvalue weighted by Gasteiger charge is -2.38. The van der Waals surface area contributed by atoms with Gasteiger partial charge in [0.25, 0.3) is 0 Å². The number of hydrogen-bond donors (Lipinski definition) is 3. The van der Waals surface area contributed by atoms with E-state index in [2.05, 4.69) is 24.8 Å². The molecule has 1 aromatic carbocycles. The number of rotatable bonds is 1. The Morgan fingerprint density at radius 2 is 1.94 bits per heavy atom. The number of piperazine rings is 1. The highest BCUT2D eigenvalue weighted by Gasteiger charge is 2.31. The van der Waals surface area contributed by atoms with Gasteiger partial charge in [-0.05, 0) is 25.6 Å². The highest BCUT2D eigenvalue weighted by Crippen LogP contribution is 2.32. The number of carbonyl (C=O) groups excluding carboxylic acids is 1. The zero-order chi connectivity index (χ0) is 24.4. The summed E-state index contributed by atoms with van der Waals surface area (Å²) in [5, 5.41) is 21.2. The van der Waals surface area contributed by atoms with Gasteiger partial charge in [-0.15, -0.1) is 0 Å². The van der Waals surface area contributed by atoms with Crippen LogP contribution in [0.1, 0.15) is 12.0 Å². The molecule has 11 nitrogen and oxygen atoms in total. The number of ether oxygens (including phenoxy) is 1. The van der Waals surface area contributed by atoms with E-state index in [1.54, 1.807) is 11.1 Å². The first-order valence-electron chi connectivity index (χ1n) is 11.7. The molecule has 1 amide bonds. The molecular formula is C24H29N7O4. The van der Waals surface area contributed by atoms with Crippen molar-refractivity contribution >= 4 is 34.7 Å². The fraction of sp³-hybridized carbons (Fsp3) is 0.417. The van der Waals surface area contributed by atoms with Crippen molar-refractivity contribution in [3.05, 3.63) is 36.2 Å². The number of fused-ring (bicyclic) bond motifs is 8. The van der Waals surface area contributed by atoms with Crippen molar-refractivity contribution in [2.75, 3.05) is 57.9 Å². The van der Waals surface area contributed by atoms with Crippen LogP contribution in [0.15, 0.2) is 35.6 Å². The summed E-state index contributed by atoms with van der Waals surface area (Å²) in [6.45, 7) is 2.98. The first-order chi connectivity index (χ1) is 17.0. The smallest absolute Gasteiger partial charge is 0.242 e. The summed E-state index contributed by atoms with van der Waals surface area (Å²) >= 11 is 0. The van der Waals surface area contributed by atoms with Gasteiger partial charge in [-0.3, -0.25) is 14.7 Å². The normalized spacial score (nSPS) is 19.9. The Balaban J connectivity index is 1.53. The highest BCUT2D eigenvalue weighted by atomic mass is 16.5. The molecule has 11 heteroatoms. The Hall–Kier alpha value is -3.70. The topological polar surface area (TPSA) is 130 Å². The molecule has 0 aliphatic carbocycles. The number of H-pyrrole nitrogens is 1. The number of benzene rings is 1. The molecule has 0 radical (unpaired) electrons. The Morgan fingerprint density at radius 3 is 2.74 bits per heavy atom. The van der Waals surface area contributed by atoms with Crippen LogP contribution in [0.25, 0.3) is 11.0 Å². The first kappa shape index (κ1) is 23.1. The summed E-state index contributed by atoms with van der Waals surface area (Å²) in [4.78, 5) is 35.2. The van der Waals surface area contributed by atoms with Crippen LogP contribution in [0.5, 0.6) is 11.6 Å². The third-order valence-corrected chi connectivity index (χ3v) is 6.55. The van der Waals surface area contributed by atoms with Crippen molar-refractivity contribution in [3.8, 4) is 11.6 Å². The molecule has 3 N–H and O–H groups in total. The SMILES string of the molecule is CN1CCCOc2cccc(c2)N=Cc2c(O)[nH]c3ncnc(c23)N2CCN(CC2)C(=O)[C@H]1CO. The minimum atomic E-state index is -0.598. The zero-order valence-corrected chi connectivity index (χ0v) is 19.6. The van der Waals surface area contributed by atoms with Crippen LogP contribution < -0.4 is 9.64 Å². The van der Waals surface area contributed by atoms with Crippen LogP contribution in [0.3, 0.4) is 0 Å². The van der Waals surface area contributed by atoms with E-state index in [1.165, 1.54) is 6.33 Å². The van der Waals surface area contributed by atoms with Gasteiger partial charge in [0.05, 0.1) is 29.9 Å². The summed E-state index contributed by atoms with van der Waals surface area (Å²) in [5.74, 6) is 1.23. The maximum Gasteiger partial charge on any atom is 0.242 e. The number of aliphatic hydroxyl groups excluding tert-OH is 1. The van der Waals surface area contributed by atoms with E-state index in [0.29, 0.717) is 79.6 Å². The number of aromatic amines is 1. The predicted octanol–water partition coefficient (Wildman–Crippen LogP) is 1.14. The molecule has 35 heavy (non-hydrogen) atoms. The van der Waals surface area contributed by atoms with Crippen molar-refractivity contribution in [2.24, 2.45) is 4.99 Å². The number of nitrogens with zero attached hydrogens (tertiary/aromatic N) is 6. The van der Waals surface area contributed by atoms with E-state index in [4.69, 9.17) is 4.74 Å². The Morgan fingerprint density at radius 1 is 1.14 bits per heavy atom. The third kappa shape index (κ3) is 4.64. The molecule has 0 unspecified atom stereocenters. The van der Waals surface area contributed by atoms with Crippen LogP contribution in [0, 0.1) is 0 Å². The molecule has 0 saturated carbocycles. The molecule has 0 spiro atoms. The number of aliphatic hydroxyl groups is 1. The van der Waals surface area contributed by atoms with E-state index in [-0.39, 0.29) is 18.4 Å². The van der Waals surface area contributed by atoms with E-state index < -0.39 is 6.04 Å². The molecule has 1 fully saturated rings. The van der Waals surface area contributed by atoms with E-state index in [0.717, 1.165) is 0 Å². The minimum Gasteiger partial charge on any atom is -0.494 e. The van der Waals surface area contributed by atoms with Gasteiger partial charge in [0, 0.05) is 45.0 Å². The van der Waals surface area contributed by atoms with Gasteiger partial charge in [-0.1, -0.05) is 6.07 Å². The molecule has 3 aliphatic heterocycles. The van der Waals surface area contributed by atoms with Crippen molar-refractivity contribution in [1.82, 2.24) is 24.8 Å². The maximum atomic E-state index is 13.2. The third-order valence-electron chi connectivity index (χ3n) is 6.55. The number of aliphatic imine (C=N–C) groups is 1. The Kier molecular flexibility index (Phi) is 6.51. The average molecular weight is 480 g/mol. The Bertz CT molecular complexity index is 1240. The van der Waals surface area contributed by atoms with E-state index in [1.807, 2.05) is 36.2 Å². The van der Waals surface area contributed by atoms with Crippen LogP contribution in [-0.2, 0) is 4.79 Å². The predicted molar refractivity (Wildman–Crippen MR) is 132 cm³/mol. The lowest BCUT2D eigenvalue weighted by Crippen LogP contribution is -2.55. The van der Waals surface area contributed by atoms with Crippen molar-refractivity contribution in [2.45, 2.75) is 12.5 Å². The summed E-state index contributed by atoms with van der Waals surface area (Å²) < 4.78 is 5.89. The fourth-order valence-corrected chi connectivity index (χ4v) is 4.59. The second-order valence-corrected chi connectivity index (χ2v) is 8.76. The van der Waals surface area contributed by atoms with Crippen LogP contribution in [0.4, 0.5) is 11.5 Å². The van der Waals surface area contributed by atoms with Crippen LogP contribution in [-0.4, -0.2) is 106 Å². The number of amides is 1. The summed E-state index contributed by atoms with van der Waals surface area (Å²) in [6.07, 6.45) is 3.76. The molecule has 1 saturated heterocycles. The number of likely N-dealkylation sites (N-methyl/N-ethyl adjacent to an activating group) is 1. The van der Waals surface area contributed by atoms with Gasteiger partial charge in [0.15, 0.2) is 5.88 Å². The second kappa shape index (κ2) is 9.88. The molecule has 6 rings (SSSR count). The molecule has 5 heterocycles. The van der Waals surface area contributed by atoms with Gasteiger partial charge in [0.2, 0.25) is 5.91 Å². The monoisotopic (exact) mass is 479 g/mol. The van der Waals surface area contributed by atoms with Gasteiger partial charge in [0.1, 0.15) is 29.6 Å². The van der Waals surface area contributed by atoms with Gasteiger partial charge < -0.3 is 29.7 Å². The van der Waals surface area contributed by atoms with Crippen LogP contribution >= 0.6 is 0 Å². The molecule has 3 aromatic rings.